The third kappa shape index (κ3) is 2.36. The molecule has 1 atom stereocenters. The van der Waals surface area contributed by atoms with E-state index in [9.17, 15) is 4.39 Å². The van der Waals surface area contributed by atoms with Crippen LogP contribution in [0.3, 0.4) is 0 Å². The second-order valence-electron chi connectivity index (χ2n) is 3.51. The summed E-state index contributed by atoms with van der Waals surface area (Å²) < 4.78 is 19.3. The molecular weight excluding hydrogens is 322 g/mol. The number of nitrogens with two attached hydrogens (primary N) is 1. The van der Waals surface area contributed by atoms with Crippen molar-refractivity contribution in [2.45, 2.75) is 12.5 Å². The van der Waals surface area contributed by atoms with E-state index < -0.39 is 0 Å². The average Bonchev–Trinajstić information content (AvgIpc) is 2.75. The number of nitrogens with one attached hydrogen (secondary N) is 1. The maximum atomic E-state index is 13.0. The molecule has 1 aliphatic heterocycles. The Morgan fingerprint density at radius 3 is 2.88 bits per heavy atom. The first kappa shape index (κ1) is 11.8. The van der Waals surface area contributed by atoms with Crippen LogP contribution in [0.5, 0.6) is 0 Å². The lowest BCUT2D eigenvalue weighted by Gasteiger charge is -2.18. The number of benzene rings is 1. The van der Waals surface area contributed by atoms with Crippen LogP contribution in [0.15, 0.2) is 30.0 Å². The minimum Gasteiger partial charge on any atom is -0.496 e. The van der Waals surface area contributed by atoms with E-state index in [2.05, 4.69) is 28.0 Å². The van der Waals surface area contributed by atoms with Gasteiger partial charge in [0.2, 0.25) is 0 Å². The lowest BCUT2D eigenvalue weighted by Crippen LogP contribution is -2.30. The van der Waals surface area contributed by atoms with E-state index in [0.29, 0.717) is 6.61 Å². The highest BCUT2D eigenvalue weighted by Crippen LogP contribution is 2.29. The van der Waals surface area contributed by atoms with Crippen molar-refractivity contribution < 1.29 is 9.13 Å². The van der Waals surface area contributed by atoms with E-state index in [1.165, 1.54) is 12.1 Å². The van der Waals surface area contributed by atoms with Gasteiger partial charge in [0.05, 0.1) is 6.61 Å². The van der Waals surface area contributed by atoms with Crippen LogP contribution in [-0.2, 0) is 4.74 Å². The molecular formula is C11H12FIN2O. The minimum atomic E-state index is -0.245. The fourth-order valence-electron chi connectivity index (χ4n) is 1.70. The van der Waals surface area contributed by atoms with E-state index in [1.54, 1.807) is 6.07 Å². The molecule has 0 aromatic heterocycles. The van der Waals surface area contributed by atoms with E-state index in [0.717, 1.165) is 21.3 Å². The van der Waals surface area contributed by atoms with Gasteiger partial charge < -0.3 is 4.74 Å². The van der Waals surface area contributed by atoms with E-state index in [1.807, 2.05) is 6.08 Å². The Labute approximate surface area is 107 Å². The highest BCUT2D eigenvalue weighted by Gasteiger charge is 2.21. The maximum absolute atomic E-state index is 13.0. The smallest absolute Gasteiger partial charge is 0.124 e. The lowest BCUT2D eigenvalue weighted by atomic mass is 10.1. The van der Waals surface area contributed by atoms with Crippen LogP contribution in [0.1, 0.15) is 18.0 Å². The molecule has 3 nitrogen and oxygen atoms in total. The molecule has 0 saturated heterocycles. The second-order valence-corrected chi connectivity index (χ2v) is 4.67. The topological polar surface area (TPSA) is 47.3 Å². The number of hydrazine groups is 1. The molecule has 1 aliphatic rings. The van der Waals surface area contributed by atoms with Gasteiger partial charge in [-0.15, -0.1) is 0 Å². The van der Waals surface area contributed by atoms with Gasteiger partial charge in [-0.1, -0.05) is 6.07 Å². The highest BCUT2D eigenvalue weighted by atomic mass is 127. The fourth-order valence-corrected chi connectivity index (χ4v) is 2.49. The number of hydrogen-bond acceptors (Lipinski definition) is 3. The van der Waals surface area contributed by atoms with E-state index in [4.69, 9.17) is 10.6 Å². The first-order valence-corrected chi connectivity index (χ1v) is 6.04. The van der Waals surface area contributed by atoms with Gasteiger partial charge in [0.1, 0.15) is 17.6 Å². The van der Waals surface area contributed by atoms with Gasteiger partial charge in [-0.25, -0.2) is 9.82 Å². The molecule has 0 amide bonds. The van der Waals surface area contributed by atoms with Gasteiger partial charge in [-0.05, 0) is 46.4 Å². The van der Waals surface area contributed by atoms with Gasteiger partial charge in [0, 0.05) is 9.99 Å². The van der Waals surface area contributed by atoms with Crippen molar-refractivity contribution >= 4 is 22.6 Å². The Bertz CT molecular complexity index is 422. The van der Waals surface area contributed by atoms with Crippen LogP contribution in [0.2, 0.25) is 0 Å². The standard InChI is InChI=1S/C11H12FIN2O/c12-7-3-4-8(9(13)6-7)11(15-14)10-2-1-5-16-10/h2-4,6,11,15H,1,5,14H2. The summed E-state index contributed by atoms with van der Waals surface area (Å²) in [6.07, 6.45) is 2.90. The van der Waals surface area contributed by atoms with Crippen molar-refractivity contribution in [2.24, 2.45) is 5.84 Å². The van der Waals surface area contributed by atoms with Crippen LogP contribution >= 0.6 is 22.6 Å². The molecule has 0 spiro atoms. The molecule has 3 N–H and O–H groups in total. The van der Waals surface area contributed by atoms with Gasteiger partial charge in [-0.2, -0.15) is 0 Å². The Balaban J connectivity index is 2.32. The summed E-state index contributed by atoms with van der Waals surface area (Å²) >= 11 is 2.09. The monoisotopic (exact) mass is 334 g/mol. The summed E-state index contributed by atoms with van der Waals surface area (Å²) in [5.41, 5.74) is 3.63. The van der Waals surface area contributed by atoms with Crippen molar-refractivity contribution in [2.75, 3.05) is 6.61 Å². The molecule has 0 bridgehead atoms. The largest absolute Gasteiger partial charge is 0.496 e. The predicted octanol–water partition coefficient (Wildman–Crippen LogP) is 2.24. The van der Waals surface area contributed by atoms with Crippen LogP contribution < -0.4 is 11.3 Å². The Morgan fingerprint density at radius 1 is 1.50 bits per heavy atom. The summed E-state index contributed by atoms with van der Waals surface area (Å²) in [5.74, 6) is 6.09. The fraction of sp³-hybridized carbons (Fsp3) is 0.273. The molecule has 1 aromatic carbocycles. The normalized spacial score (nSPS) is 16.8. The number of halogens is 2. The second kappa shape index (κ2) is 5.11. The Hall–Kier alpha value is -0.660. The predicted molar refractivity (Wildman–Crippen MR) is 67.8 cm³/mol. The Kier molecular flexibility index (Phi) is 3.78. The van der Waals surface area contributed by atoms with Gasteiger partial charge in [0.25, 0.3) is 0 Å². The zero-order valence-electron chi connectivity index (χ0n) is 8.54. The molecule has 0 radical (unpaired) electrons. The average molecular weight is 334 g/mol. The molecule has 0 saturated carbocycles. The number of rotatable bonds is 3. The molecule has 2 rings (SSSR count). The first-order chi connectivity index (χ1) is 7.72. The van der Waals surface area contributed by atoms with Crippen LogP contribution in [0.25, 0.3) is 0 Å². The third-order valence-corrected chi connectivity index (χ3v) is 3.39. The zero-order chi connectivity index (χ0) is 11.5. The van der Waals surface area contributed by atoms with E-state index >= 15 is 0 Å². The van der Waals surface area contributed by atoms with Crippen molar-refractivity contribution in [3.8, 4) is 0 Å². The quantitative estimate of drug-likeness (QED) is 0.506. The molecule has 5 heteroatoms. The van der Waals surface area contributed by atoms with Crippen molar-refractivity contribution in [1.29, 1.82) is 0 Å². The minimum absolute atomic E-state index is 0.199. The summed E-state index contributed by atoms with van der Waals surface area (Å²) in [6, 6.07) is 4.44. The van der Waals surface area contributed by atoms with Crippen LogP contribution in [0.4, 0.5) is 4.39 Å². The number of hydrogen-bond donors (Lipinski definition) is 2. The van der Waals surface area contributed by atoms with Gasteiger partial charge >= 0.3 is 0 Å². The van der Waals surface area contributed by atoms with Crippen molar-refractivity contribution in [3.05, 3.63) is 45.0 Å². The third-order valence-electron chi connectivity index (χ3n) is 2.46. The molecule has 16 heavy (non-hydrogen) atoms. The first-order valence-electron chi connectivity index (χ1n) is 4.96. The SMILES string of the molecule is NNC(C1=CCCO1)c1ccc(F)cc1I. The molecule has 1 heterocycles. The highest BCUT2D eigenvalue weighted by molar-refractivity contribution is 14.1. The molecule has 0 fully saturated rings. The van der Waals surface area contributed by atoms with E-state index in [-0.39, 0.29) is 11.9 Å². The zero-order valence-corrected chi connectivity index (χ0v) is 10.7. The van der Waals surface area contributed by atoms with Gasteiger partial charge in [-0.3, -0.25) is 5.84 Å². The summed E-state index contributed by atoms with van der Waals surface area (Å²) in [7, 11) is 0. The molecule has 1 unspecified atom stereocenters. The maximum Gasteiger partial charge on any atom is 0.124 e. The Morgan fingerprint density at radius 2 is 2.31 bits per heavy atom. The van der Waals surface area contributed by atoms with Gasteiger partial charge in [0.15, 0.2) is 0 Å². The van der Waals surface area contributed by atoms with Crippen molar-refractivity contribution in [1.82, 2.24) is 5.43 Å². The lowest BCUT2D eigenvalue weighted by molar-refractivity contribution is 0.215. The summed E-state index contributed by atoms with van der Waals surface area (Å²) in [6.45, 7) is 0.686. The molecule has 86 valence electrons. The summed E-state index contributed by atoms with van der Waals surface area (Å²) in [4.78, 5) is 0. The van der Waals surface area contributed by atoms with Crippen LogP contribution in [0, 0.1) is 9.39 Å². The van der Waals surface area contributed by atoms with Crippen LogP contribution in [-0.4, -0.2) is 6.61 Å². The number of ether oxygens (including phenoxy) is 1. The summed E-state index contributed by atoms with van der Waals surface area (Å²) in [5, 5.41) is 0. The van der Waals surface area contributed by atoms with Crippen molar-refractivity contribution in [3.63, 3.8) is 0 Å². The molecule has 0 aliphatic carbocycles. The molecule has 1 aromatic rings.